The molecule has 4 unspecified atom stereocenters. The van der Waals surface area contributed by atoms with E-state index in [1.54, 1.807) is 0 Å². The number of amides is 3. The number of nitrogens with zero attached hydrogens (tertiary/aromatic N) is 2. The average molecular weight is 304 g/mol. The molecule has 2 fully saturated rings. The van der Waals surface area contributed by atoms with Crippen molar-refractivity contribution in [2.45, 2.75) is 58.0 Å². The molecule has 0 spiro atoms. The summed E-state index contributed by atoms with van der Waals surface area (Å²) in [7, 11) is 0. The molecule has 0 saturated carbocycles. The predicted molar refractivity (Wildman–Crippen MR) is 81.7 cm³/mol. The van der Waals surface area contributed by atoms with Crippen molar-refractivity contribution >= 4 is 17.7 Å². The lowest BCUT2D eigenvalue weighted by Crippen LogP contribution is -2.52. The second kappa shape index (κ2) is 5.86. The van der Waals surface area contributed by atoms with E-state index in [1.807, 2.05) is 30.9 Å². The second-order valence-electron chi connectivity index (χ2n) is 6.85. The van der Waals surface area contributed by atoms with E-state index in [4.69, 9.17) is 0 Å². The van der Waals surface area contributed by atoms with Gasteiger partial charge in [0.25, 0.3) is 0 Å². The predicted octanol–water partition coefficient (Wildman–Crippen LogP) is 1.73. The molecular formula is C17H24N2O3. The van der Waals surface area contributed by atoms with Crippen LogP contribution in [0.2, 0.25) is 0 Å². The highest BCUT2D eigenvalue weighted by molar-refractivity contribution is 6.07. The monoisotopic (exact) mass is 304 g/mol. The minimum absolute atomic E-state index is 0.0840. The second-order valence-corrected chi connectivity index (χ2v) is 6.85. The van der Waals surface area contributed by atoms with Crippen LogP contribution in [-0.4, -0.2) is 46.1 Å². The molecule has 0 radical (unpaired) electrons. The van der Waals surface area contributed by atoms with Crippen molar-refractivity contribution in [2.75, 3.05) is 6.54 Å². The minimum atomic E-state index is -0.249. The molecule has 1 aliphatic carbocycles. The molecule has 120 valence electrons. The highest BCUT2D eigenvalue weighted by Gasteiger charge is 2.48. The van der Waals surface area contributed by atoms with Gasteiger partial charge in [0.1, 0.15) is 6.54 Å². The van der Waals surface area contributed by atoms with Gasteiger partial charge in [0.15, 0.2) is 0 Å². The van der Waals surface area contributed by atoms with Gasteiger partial charge in [-0.15, -0.1) is 0 Å². The quantitative estimate of drug-likeness (QED) is 0.576. The summed E-state index contributed by atoms with van der Waals surface area (Å²) in [5.41, 5.74) is 0. The van der Waals surface area contributed by atoms with E-state index >= 15 is 0 Å². The van der Waals surface area contributed by atoms with Crippen LogP contribution in [0.15, 0.2) is 12.2 Å². The van der Waals surface area contributed by atoms with Gasteiger partial charge in [-0.2, -0.15) is 0 Å². The summed E-state index contributed by atoms with van der Waals surface area (Å²) in [6.45, 7) is 4.01. The first-order valence-electron chi connectivity index (χ1n) is 8.32. The van der Waals surface area contributed by atoms with Crippen LogP contribution in [0.3, 0.4) is 0 Å². The number of likely N-dealkylation sites (tertiary alicyclic amines) is 2. The molecule has 0 bridgehead atoms. The van der Waals surface area contributed by atoms with Gasteiger partial charge in [0.2, 0.25) is 17.7 Å². The summed E-state index contributed by atoms with van der Waals surface area (Å²) in [6.07, 6.45) is 8.29. The van der Waals surface area contributed by atoms with Crippen molar-refractivity contribution in [1.82, 2.24) is 9.80 Å². The zero-order valence-corrected chi connectivity index (χ0v) is 13.3. The number of imide groups is 1. The molecular weight excluding hydrogens is 280 g/mol. The Bertz CT molecular complexity index is 492. The van der Waals surface area contributed by atoms with Gasteiger partial charge in [0, 0.05) is 12.1 Å². The van der Waals surface area contributed by atoms with Crippen molar-refractivity contribution in [3.63, 3.8) is 0 Å². The normalized spacial score (nSPS) is 35.0. The third-order valence-electron chi connectivity index (χ3n) is 5.37. The molecule has 4 atom stereocenters. The minimum Gasteiger partial charge on any atom is -0.336 e. The fourth-order valence-corrected chi connectivity index (χ4v) is 4.15. The van der Waals surface area contributed by atoms with Crippen molar-refractivity contribution < 1.29 is 14.4 Å². The van der Waals surface area contributed by atoms with Crippen LogP contribution in [0.25, 0.3) is 0 Å². The third-order valence-corrected chi connectivity index (χ3v) is 5.37. The molecule has 0 aromatic rings. The molecule has 3 amide bonds. The van der Waals surface area contributed by atoms with Gasteiger partial charge in [0.05, 0.1) is 11.8 Å². The van der Waals surface area contributed by atoms with Crippen LogP contribution in [0.4, 0.5) is 0 Å². The Morgan fingerprint density at radius 3 is 2.05 bits per heavy atom. The van der Waals surface area contributed by atoms with Gasteiger partial charge in [-0.3, -0.25) is 19.3 Å². The number of carbonyl (C=O) groups excluding carboxylic acids is 3. The van der Waals surface area contributed by atoms with Crippen LogP contribution >= 0.6 is 0 Å². The highest BCUT2D eigenvalue weighted by atomic mass is 16.2. The van der Waals surface area contributed by atoms with Crippen LogP contribution in [-0.2, 0) is 14.4 Å². The maximum absolute atomic E-state index is 12.6. The Morgan fingerprint density at radius 1 is 1.05 bits per heavy atom. The number of piperidine rings is 1. The molecule has 2 heterocycles. The largest absolute Gasteiger partial charge is 0.336 e. The fourth-order valence-electron chi connectivity index (χ4n) is 4.15. The van der Waals surface area contributed by atoms with Gasteiger partial charge < -0.3 is 4.90 Å². The first kappa shape index (κ1) is 15.3. The molecule has 0 aromatic heterocycles. The number of allylic oxidation sites excluding steroid dienone is 2. The summed E-state index contributed by atoms with van der Waals surface area (Å²) in [5, 5.41) is 0. The number of carbonyl (C=O) groups is 3. The molecule has 3 rings (SSSR count). The van der Waals surface area contributed by atoms with Crippen LogP contribution in [0, 0.1) is 11.8 Å². The van der Waals surface area contributed by atoms with Crippen molar-refractivity contribution in [1.29, 1.82) is 0 Å². The Labute approximate surface area is 131 Å². The van der Waals surface area contributed by atoms with E-state index in [1.165, 1.54) is 4.90 Å². The van der Waals surface area contributed by atoms with Crippen molar-refractivity contribution in [3.8, 4) is 0 Å². The molecule has 3 aliphatic rings. The fraction of sp³-hybridized carbons (Fsp3) is 0.706. The third kappa shape index (κ3) is 2.46. The maximum atomic E-state index is 12.6. The molecule has 2 saturated heterocycles. The van der Waals surface area contributed by atoms with Gasteiger partial charge in [-0.05, 0) is 46.0 Å². The summed E-state index contributed by atoms with van der Waals surface area (Å²) in [5.74, 6) is -0.911. The zero-order chi connectivity index (χ0) is 15.9. The van der Waals surface area contributed by atoms with E-state index in [9.17, 15) is 14.4 Å². The Balaban J connectivity index is 1.71. The Morgan fingerprint density at radius 2 is 1.55 bits per heavy atom. The first-order valence-corrected chi connectivity index (χ1v) is 8.32. The summed E-state index contributed by atoms with van der Waals surface area (Å²) in [4.78, 5) is 40.6. The van der Waals surface area contributed by atoms with E-state index < -0.39 is 0 Å². The summed E-state index contributed by atoms with van der Waals surface area (Å²) >= 11 is 0. The zero-order valence-electron chi connectivity index (χ0n) is 13.3. The molecule has 5 nitrogen and oxygen atoms in total. The molecule has 22 heavy (non-hydrogen) atoms. The lowest BCUT2D eigenvalue weighted by Gasteiger charge is -2.39. The first-order chi connectivity index (χ1) is 10.5. The van der Waals surface area contributed by atoms with Crippen LogP contribution in [0.1, 0.15) is 46.0 Å². The summed E-state index contributed by atoms with van der Waals surface area (Å²) in [6, 6.07) is 0.376. The molecule has 0 aromatic carbocycles. The molecule has 0 N–H and O–H groups in total. The van der Waals surface area contributed by atoms with Crippen molar-refractivity contribution in [3.05, 3.63) is 12.2 Å². The number of hydrogen-bond acceptors (Lipinski definition) is 3. The molecule has 5 heteroatoms. The SMILES string of the molecule is CC1CCCC(C)N1C(=O)CN1C(=O)C2CC=CCC2C1=O. The van der Waals surface area contributed by atoms with E-state index in [2.05, 4.69) is 0 Å². The number of hydrogen-bond donors (Lipinski definition) is 0. The average Bonchev–Trinajstić information content (AvgIpc) is 2.73. The van der Waals surface area contributed by atoms with Gasteiger partial charge in [-0.25, -0.2) is 0 Å². The summed E-state index contributed by atoms with van der Waals surface area (Å²) < 4.78 is 0. The number of rotatable bonds is 2. The maximum Gasteiger partial charge on any atom is 0.243 e. The topological polar surface area (TPSA) is 57.7 Å². The van der Waals surface area contributed by atoms with Gasteiger partial charge >= 0.3 is 0 Å². The van der Waals surface area contributed by atoms with Crippen molar-refractivity contribution in [2.24, 2.45) is 11.8 Å². The van der Waals surface area contributed by atoms with Crippen LogP contribution in [0.5, 0.6) is 0 Å². The van der Waals surface area contributed by atoms with E-state index in [0.717, 1.165) is 19.3 Å². The highest BCUT2D eigenvalue weighted by Crippen LogP contribution is 2.35. The lowest BCUT2D eigenvalue weighted by atomic mass is 9.85. The Hall–Kier alpha value is -1.65. The van der Waals surface area contributed by atoms with Gasteiger partial charge in [-0.1, -0.05) is 12.2 Å². The molecule has 2 aliphatic heterocycles. The van der Waals surface area contributed by atoms with Crippen LogP contribution < -0.4 is 0 Å². The Kier molecular flexibility index (Phi) is 4.06. The smallest absolute Gasteiger partial charge is 0.243 e. The lowest BCUT2D eigenvalue weighted by molar-refractivity contribution is -0.149. The standard InChI is InChI=1S/C17H24N2O3/c1-11-6-5-7-12(2)19(11)15(20)10-18-16(21)13-8-3-4-9-14(13)17(18)22/h3-4,11-14H,5-10H2,1-2H3. The number of fused-ring (bicyclic) bond motifs is 1. The van der Waals surface area contributed by atoms with E-state index in [0.29, 0.717) is 12.8 Å². The van der Waals surface area contributed by atoms with E-state index in [-0.39, 0.29) is 48.2 Å².